The summed E-state index contributed by atoms with van der Waals surface area (Å²) in [6.45, 7) is -0.576. The number of aliphatic carboxylic acids is 1. The zero-order chi connectivity index (χ0) is 25.1. The van der Waals surface area contributed by atoms with E-state index in [-0.39, 0.29) is 0 Å². The minimum absolute atomic E-state index is 0.654. The Morgan fingerprint density at radius 1 is 1.15 bits per heavy atom. The molecule has 2 aliphatic heterocycles. The highest BCUT2D eigenvalue weighted by atomic mass is 16.7. The fraction of sp³-hybridized carbons (Fsp3) is 0.889. The summed E-state index contributed by atoms with van der Waals surface area (Å²) in [5.74, 6) is -5.06. The molecule has 15 nitrogen and oxygen atoms in total. The molecule has 0 aromatic rings. The quantitative estimate of drug-likeness (QED) is 0.148. The van der Waals surface area contributed by atoms with Crippen molar-refractivity contribution in [3.05, 3.63) is 0 Å². The molecule has 2 aliphatic rings. The van der Waals surface area contributed by atoms with E-state index in [1.165, 1.54) is 0 Å². The van der Waals surface area contributed by atoms with Gasteiger partial charge in [-0.25, -0.2) is 4.79 Å². The van der Waals surface area contributed by atoms with Gasteiger partial charge in [0.2, 0.25) is 5.91 Å². The molecule has 15 heteroatoms. The molecule has 2 rings (SSSR count). The molecule has 0 saturated carbocycles. The van der Waals surface area contributed by atoms with Crippen LogP contribution in [-0.2, 0) is 28.5 Å². The lowest BCUT2D eigenvalue weighted by atomic mass is 9.88. The van der Waals surface area contributed by atoms with E-state index in [0.29, 0.717) is 0 Å². The smallest absolute Gasteiger partial charge is 0.364 e. The number of methoxy groups -OCH3 is 1. The molecule has 9 N–H and O–H groups in total. The number of carbonyl (C=O) groups excluding carboxylic acids is 1. The van der Waals surface area contributed by atoms with Gasteiger partial charge in [0.1, 0.15) is 42.7 Å². The lowest BCUT2D eigenvalue weighted by molar-refractivity contribution is -0.336. The Morgan fingerprint density at radius 3 is 2.30 bits per heavy atom. The van der Waals surface area contributed by atoms with Gasteiger partial charge in [-0.05, 0) is 0 Å². The Hall–Kier alpha value is -1.50. The molecular formula is C18H31NO14. The van der Waals surface area contributed by atoms with Crippen molar-refractivity contribution >= 4 is 11.9 Å². The van der Waals surface area contributed by atoms with E-state index < -0.39 is 98.5 Å². The molecule has 0 aromatic carbocycles. The van der Waals surface area contributed by atoms with Crippen molar-refractivity contribution in [2.45, 2.75) is 80.3 Å². The van der Waals surface area contributed by atoms with Crippen molar-refractivity contribution in [1.82, 2.24) is 5.32 Å². The van der Waals surface area contributed by atoms with Gasteiger partial charge in [0, 0.05) is 20.5 Å². The van der Waals surface area contributed by atoms with Gasteiger partial charge < -0.3 is 65.1 Å². The Bertz CT molecular complexity index is 679. The molecule has 1 amide bonds. The van der Waals surface area contributed by atoms with Gasteiger partial charge in [0.15, 0.2) is 6.29 Å². The number of carboxylic acids is 1. The maximum atomic E-state index is 12.1. The van der Waals surface area contributed by atoms with Crippen molar-refractivity contribution in [1.29, 1.82) is 0 Å². The molecule has 0 spiro atoms. The van der Waals surface area contributed by atoms with Crippen LogP contribution in [0.25, 0.3) is 0 Å². The summed E-state index contributed by atoms with van der Waals surface area (Å²) >= 11 is 0. The van der Waals surface area contributed by atoms with Crippen LogP contribution in [0.2, 0.25) is 0 Å². The van der Waals surface area contributed by atoms with Crippen molar-refractivity contribution < 1.29 is 69.4 Å². The third kappa shape index (κ3) is 5.95. The Labute approximate surface area is 188 Å². The van der Waals surface area contributed by atoms with Crippen LogP contribution >= 0.6 is 0 Å². The maximum absolute atomic E-state index is 12.1. The number of aliphatic hydroxyl groups is 7. The lowest BCUT2D eigenvalue weighted by Crippen LogP contribution is -2.68. The highest BCUT2D eigenvalue weighted by Crippen LogP contribution is 2.34. The Morgan fingerprint density at radius 2 is 1.79 bits per heavy atom. The van der Waals surface area contributed by atoms with E-state index in [1.807, 2.05) is 0 Å². The summed E-state index contributed by atoms with van der Waals surface area (Å²) < 4.78 is 20.9. The van der Waals surface area contributed by atoms with E-state index in [0.717, 1.165) is 14.0 Å². The van der Waals surface area contributed by atoms with Gasteiger partial charge in [-0.1, -0.05) is 0 Å². The molecule has 2 heterocycles. The average Bonchev–Trinajstić information content (AvgIpc) is 2.77. The zero-order valence-corrected chi connectivity index (χ0v) is 17.9. The summed E-state index contributed by atoms with van der Waals surface area (Å²) in [4.78, 5) is 23.6. The highest BCUT2D eigenvalue weighted by molar-refractivity contribution is 5.76. The van der Waals surface area contributed by atoms with Gasteiger partial charge in [-0.2, -0.15) is 0 Å². The van der Waals surface area contributed by atoms with E-state index in [1.54, 1.807) is 0 Å². The van der Waals surface area contributed by atoms with Crippen LogP contribution in [0, 0.1) is 0 Å². The topological polar surface area (TPSA) is 245 Å². The molecule has 2 saturated heterocycles. The van der Waals surface area contributed by atoms with E-state index in [9.17, 15) is 45.3 Å². The van der Waals surface area contributed by atoms with Crippen LogP contribution in [0.3, 0.4) is 0 Å². The number of rotatable bonds is 9. The molecule has 33 heavy (non-hydrogen) atoms. The predicted octanol–water partition coefficient (Wildman–Crippen LogP) is -5.39. The molecule has 0 radical (unpaired) electrons. The second-order valence-corrected chi connectivity index (χ2v) is 7.94. The number of hydrogen-bond acceptors (Lipinski definition) is 13. The van der Waals surface area contributed by atoms with Crippen LogP contribution in [0.15, 0.2) is 0 Å². The first-order valence-corrected chi connectivity index (χ1v) is 10.1. The van der Waals surface area contributed by atoms with E-state index in [4.69, 9.17) is 24.1 Å². The molecule has 0 bridgehead atoms. The van der Waals surface area contributed by atoms with Crippen molar-refractivity contribution in [3.8, 4) is 0 Å². The third-order valence-corrected chi connectivity index (χ3v) is 5.57. The first-order chi connectivity index (χ1) is 15.4. The maximum Gasteiger partial charge on any atom is 0.364 e. The first-order valence-electron chi connectivity index (χ1n) is 10.1. The SMILES string of the molecule is CO[C@@H]1O[C@H](CO[C@@]2(C(=O)O)C[C@H](O)[C@@H](NC(C)=O)[C@H]([C@H](O)[C@H](O)CO)O2)[C@H](O)[C@H](O)[C@H]1O. The van der Waals surface area contributed by atoms with Gasteiger partial charge in [-0.15, -0.1) is 0 Å². The van der Waals surface area contributed by atoms with Gasteiger partial charge in [-0.3, -0.25) is 4.79 Å². The minimum atomic E-state index is -2.65. The van der Waals surface area contributed by atoms with Crippen LogP contribution < -0.4 is 5.32 Å². The van der Waals surface area contributed by atoms with Crippen LogP contribution in [-0.4, -0.2) is 140 Å². The average molecular weight is 485 g/mol. The summed E-state index contributed by atoms with van der Waals surface area (Å²) in [5, 5.41) is 81.9. The summed E-state index contributed by atoms with van der Waals surface area (Å²) in [5.41, 5.74) is 0. The van der Waals surface area contributed by atoms with Crippen LogP contribution in [0.1, 0.15) is 13.3 Å². The summed E-state index contributed by atoms with van der Waals surface area (Å²) in [6.07, 6.45) is -15.7. The van der Waals surface area contributed by atoms with Crippen molar-refractivity contribution in [3.63, 3.8) is 0 Å². The first kappa shape index (κ1) is 27.7. The number of nitrogens with one attached hydrogen (secondary N) is 1. The number of amides is 1. The molecule has 0 aliphatic carbocycles. The third-order valence-electron chi connectivity index (χ3n) is 5.57. The van der Waals surface area contributed by atoms with Gasteiger partial charge >= 0.3 is 5.97 Å². The number of carbonyl (C=O) groups is 2. The van der Waals surface area contributed by atoms with Crippen LogP contribution in [0.4, 0.5) is 0 Å². The Balaban J connectivity index is 2.28. The number of aliphatic hydroxyl groups excluding tert-OH is 7. The lowest BCUT2D eigenvalue weighted by Gasteiger charge is -2.47. The number of carboxylic acid groups (broad SMARTS) is 1. The number of ether oxygens (including phenoxy) is 4. The Kier molecular flexibility index (Phi) is 9.49. The highest BCUT2D eigenvalue weighted by Gasteiger charge is 2.56. The zero-order valence-electron chi connectivity index (χ0n) is 17.9. The predicted molar refractivity (Wildman–Crippen MR) is 102 cm³/mol. The van der Waals surface area contributed by atoms with Crippen molar-refractivity contribution in [2.75, 3.05) is 20.3 Å². The fourth-order valence-corrected chi connectivity index (χ4v) is 3.74. The van der Waals surface area contributed by atoms with Gasteiger partial charge in [0.05, 0.1) is 25.4 Å². The second kappa shape index (κ2) is 11.3. The largest absolute Gasteiger partial charge is 0.477 e. The minimum Gasteiger partial charge on any atom is -0.477 e. The summed E-state index contributed by atoms with van der Waals surface area (Å²) in [7, 11) is 1.16. The standard InChI is InChI=1S/C18H31NO14/c1-6(21)19-10-7(22)3-18(17(28)29,33-15(10)11(24)8(23)4-20)31-5-9-12(25)13(26)14(27)16(30-2)32-9/h7-16,20,22-27H,3-5H2,1-2H3,(H,19,21)(H,28,29)/t7-,8+,9+,10+,11+,12-,13-,14+,15+,16+,18-/m0/s1. The van der Waals surface area contributed by atoms with Crippen LogP contribution in [0.5, 0.6) is 0 Å². The molecule has 0 unspecified atom stereocenters. The molecule has 2 fully saturated rings. The monoisotopic (exact) mass is 485 g/mol. The van der Waals surface area contributed by atoms with Crippen molar-refractivity contribution in [2.24, 2.45) is 0 Å². The molecule has 0 aromatic heterocycles. The molecule has 192 valence electrons. The summed E-state index contributed by atoms with van der Waals surface area (Å²) in [6, 6.07) is -1.37. The number of hydrogen-bond donors (Lipinski definition) is 9. The fourth-order valence-electron chi connectivity index (χ4n) is 3.74. The van der Waals surface area contributed by atoms with E-state index in [2.05, 4.69) is 5.32 Å². The van der Waals surface area contributed by atoms with E-state index >= 15 is 0 Å². The molecular weight excluding hydrogens is 454 g/mol. The second-order valence-electron chi connectivity index (χ2n) is 7.94. The normalized spacial score (nSPS) is 41.2. The molecule has 11 atom stereocenters. The van der Waals surface area contributed by atoms with Gasteiger partial charge in [0.25, 0.3) is 5.79 Å².